The van der Waals surface area contributed by atoms with E-state index in [2.05, 4.69) is 5.32 Å². The van der Waals surface area contributed by atoms with Crippen molar-refractivity contribution < 1.29 is 28.6 Å². The Morgan fingerprint density at radius 1 is 1.17 bits per heavy atom. The molecule has 0 saturated carbocycles. The van der Waals surface area contributed by atoms with E-state index in [-0.39, 0.29) is 11.5 Å². The predicted octanol–water partition coefficient (Wildman–Crippen LogP) is 3.79. The number of nitrogens with one attached hydrogen (secondary N) is 1. The minimum Gasteiger partial charge on any atom is -0.494 e. The van der Waals surface area contributed by atoms with E-state index < -0.39 is 17.9 Å². The Hall–Kier alpha value is -3.13. The van der Waals surface area contributed by atoms with Gasteiger partial charge in [-0.1, -0.05) is 12.1 Å². The molecule has 7 nitrogen and oxygen atoms in total. The van der Waals surface area contributed by atoms with Crippen LogP contribution in [0, 0.1) is 0 Å². The average molecular weight is 429 g/mol. The van der Waals surface area contributed by atoms with Crippen molar-refractivity contribution in [3.63, 3.8) is 0 Å². The third-order valence-electron chi connectivity index (χ3n) is 4.76. The standard InChI is InChI=1S/C22H23NO6S/c1-4-29-14-8-5-13(6-9-14)7-12-17(24)23-20-19(22(26)28-3)18-15(21(25)27-2)10-11-16(18)30-20/h5-9,12,15H,4,10-11H2,1-3H3,(H,23,24)/b12-7+/t15-/m0/s1. The molecule has 0 saturated heterocycles. The molecule has 1 aromatic heterocycles. The summed E-state index contributed by atoms with van der Waals surface area (Å²) in [4.78, 5) is 37.9. The number of benzene rings is 1. The molecular formula is C22H23NO6S. The summed E-state index contributed by atoms with van der Waals surface area (Å²) in [6, 6.07) is 7.34. The maximum absolute atomic E-state index is 12.5. The van der Waals surface area contributed by atoms with Crippen LogP contribution in [0.15, 0.2) is 30.3 Å². The van der Waals surface area contributed by atoms with Crippen LogP contribution in [0.1, 0.15) is 45.6 Å². The van der Waals surface area contributed by atoms with E-state index in [0.29, 0.717) is 30.0 Å². The third-order valence-corrected chi connectivity index (χ3v) is 5.94. The molecule has 1 N–H and O–H groups in total. The normalized spacial score (nSPS) is 15.0. The molecule has 1 atom stereocenters. The Bertz CT molecular complexity index is 976. The maximum Gasteiger partial charge on any atom is 0.341 e. The van der Waals surface area contributed by atoms with Gasteiger partial charge in [0.2, 0.25) is 5.91 Å². The monoisotopic (exact) mass is 429 g/mol. The molecule has 1 aromatic carbocycles. The van der Waals surface area contributed by atoms with Crippen molar-refractivity contribution in [3.8, 4) is 5.75 Å². The van der Waals surface area contributed by atoms with Crippen LogP contribution in [0.4, 0.5) is 5.00 Å². The van der Waals surface area contributed by atoms with Gasteiger partial charge in [-0.2, -0.15) is 0 Å². The van der Waals surface area contributed by atoms with Crippen LogP contribution >= 0.6 is 11.3 Å². The molecule has 30 heavy (non-hydrogen) atoms. The number of esters is 2. The number of carbonyl (C=O) groups is 3. The van der Waals surface area contributed by atoms with Gasteiger partial charge >= 0.3 is 11.9 Å². The van der Waals surface area contributed by atoms with Crippen molar-refractivity contribution in [2.45, 2.75) is 25.7 Å². The molecule has 0 aliphatic heterocycles. The van der Waals surface area contributed by atoms with Gasteiger partial charge in [0.15, 0.2) is 0 Å². The zero-order valence-electron chi connectivity index (χ0n) is 17.0. The second-order valence-electron chi connectivity index (χ2n) is 6.57. The van der Waals surface area contributed by atoms with Crippen LogP contribution in [0.25, 0.3) is 6.08 Å². The largest absolute Gasteiger partial charge is 0.494 e. The number of ether oxygens (including phenoxy) is 3. The van der Waals surface area contributed by atoms with Crippen LogP contribution in [-0.2, 0) is 25.5 Å². The molecule has 1 heterocycles. The number of hydrogen-bond donors (Lipinski definition) is 1. The molecule has 158 valence electrons. The second-order valence-corrected chi connectivity index (χ2v) is 7.68. The van der Waals surface area contributed by atoms with E-state index >= 15 is 0 Å². The van der Waals surface area contributed by atoms with E-state index in [1.54, 1.807) is 6.08 Å². The fourth-order valence-corrected chi connectivity index (χ4v) is 4.67. The van der Waals surface area contributed by atoms with Gasteiger partial charge in [-0.3, -0.25) is 9.59 Å². The lowest BCUT2D eigenvalue weighted by Gasteiger charge is -2.11. The number of carbonyl (C=O) groups excluding carboxylic acids is 3. The number of rotatable bonds is 7. The highest BCUT2D eigenvalue weighted by Crippen LogP contribution is 2.45. The van der Waals surface area contributed by atoms with Gasteiger partial charge in [-0.25, -0.2) is 4.79 Å². The zero-order chi connectivity index (χ0) is 21.7. The van der Waals surface area contributed by atoms with Crippen LogP contribution < -0.4 is 10.1 Å². The molecule has 1 aliphatic rings. The summed E-state index contributed by atoms with van der Waals surface area (Å²) in [6.07, 6.45) is 4.27. The molecular weight excluding hydrogens is 406 g/mol. The van der Waals surface area contributed by atoms with Gasteiger partial charge in [0.05, 0.1) is 32.3 Å². The number of hydrogen-bond acceptors (Lipinski definition) is 7. The lowest BCUT2D eigenvalue weighted by Crippen LogP contribution is -2.16. The quantitative estimate of drug-likeness (QED) is 0.532. The highest BCUT2D eigenvalue weighted by molar-refractivity contribution is 7.17. The van der Waals surface area contributed by atoms with Crippen molar-refractivity contribution in [1.82, 2.24) is 0 Å². The lowest BCUT2D eigenvalue weighted by atomic mass is 9.99. The molecule has 8 heteroatoms. The molecule has 1 amide bonds. The van der Waals surface area contributed by atoms with Crippen molar-refractivity contribution in [1.29, 1.82) is 0 Å². The van der Waals surface area contributed by atoms with E-state index in [1.807, 2.05) is 31.2 Å². The van der Waals surface area contributed by atoms with Gasteiger partial charge in [0, 0.05) is 11.0 Å². The summed E-state index contributed by atoms with van der Waals surface area (Å²) in [5.74, 6) is -1.14. The highest BCUT2D eigenvalue weighted by atomic mass is 32.1. The molecule has 0 bridgehead atoms. The van der Waals surface area contributed by atoms with Crippen LogP contribution in [0.3, 0.4) is 0 Å². The minimum atomic E-state index is -0.589. The fourth-order valence-electron chi connectivity index (χ4n) is 3.40. The molecule has 3 rings (SSSR count). The van der Waals surface area contributed by atoms with Gasteiger partial charge in [0.1, 0.15) is 10.8 Å². The summed E-state index contributed by atoms with van der Waals surface area (Å²) >= 11 is 1.29. The Morgan fingerprint density at radius 3 is 2.53 bits per heavy atom. The second kappa shape index (κ2) is 9.58. The Kier molecular flexibility index (Phi) is 6.89. The topological polar surface area (TPSA) is 90.9 Å². The number of aryl methyl sites for hydroxylation is 1. The van der Waals surface area contributed by atoms with Crippen molar-refractivity contribution >= 4 is 40.3 Å². The summed E-state index contributed by atoms with van der Waals surface area (Å²) < 4.78 is 15.2. The summed E-state index contributed by atoms with van der Waals surface area (Å²) in [5.41, 5.74) is 1.67. The first-order valence-corrected chi connectivity index (χ1v) is 10.3. The van der Waals surface area contributed by atoms with Crippen LogP contribution in [0.5, 0.6) is 5.75 Å². The summed E-state index contributed by atoms with van der Waals surface area (Å²) in [7, 11) is 2.59. The molecule has 0 unspecified atom stereocenters. The van der Waals surface area contributed by atoms with Crippen molar-refractivity contribution in [3.05, 3.63) is 51.9 Å². The summed E-state index contributed by atoms with van der Waals surface area (Å²) in [6.45, 7) is 2.50. The van der Waals surface area contributed by atoms with Gasteiger partial charge < -0.3 is 19.5 Å². The first-order valence-electron chi connectivity index (χ1n) is 9.52. The highest BCUT2D eigenvalue weighted by Gasteiger charge is 2.38. The minimum absolute atomic E-state index is 0.230. The van der Waals surface area contributed by atoms with E-state index in [9.17, 15) is 14.4 Å². The van der Waals surface area contributed by atoms with Crippen LogP contribution in [0.2, 0.25) is 0 Å². The number of amides is 1. The maximum atomic E-state index is 12.5. The summed E-state index contributed by atoms with van der Waals surface area (Å²) in [5, 5.41) is 3.13. The Labute approximate surface area is 178 Å². The van der Waals surface area contributed by atoms with E-state index in [4.69, 9.17) is 14.2 Å². The number of methoxy groups -OCH3 is 2. The Morgan fingerprint density at radius 2 is 1.90 bits per heavy atom. The average Bonchev–Trinajstić information content (AvgIpc) is 3.31. The van der Waals surface area contributed by atoms with Gasteiger partial charge in [-0.15, -0.1) is 11.3 Å². The zero-order valence-corrected chi connectivity index (χ0v) is 17.8. The molecule has 0 spiro atoms. The molecule has 0 radical (unpaired) electrons. The predicted molar refractivity (Wildman–Crippen MR) is 114 cm³/mol. The number of thiophene rings is 1. The molecule has 0 fully saturated rings. The number of anilines is 1. The first kappa shape index (κ1) is 21.6. The molecule has 1 aliphatic carbocycles. The fraction of sp³-hybridized carbons (Fsp3) is 0.318. The third kappa shape index (κ3) is 4.54. The van der Waals surface area contributed by atoms with Crippen molar-refractivity contribution in [2.75, 3.05) is 26.1 Å². The number of fused-ring (bicyclic) bond motifs is 1. The molecule has 2 aromatic rings. The smallest absolute Gasteiger partial charge is 0.341 e. The van der Waals surface area contributed by atoms with Crippen LogP contribution in [-0.4, -0.2) is 38.7 Å². The Balaban J connectivity index is 1.80. The lowest BCUT2D eigenvalue weighted by molar-refractivity contribution is -0.142. The van der Waals surface area contributed by atoms with Gasteiger partial charge in [0.25, 0.3) is 0 Å². The van der Waals surface area contributed by atoms with E-state index in [1.165, 1.54) is 31.6 Å². The van der Waals surface area contributed by atoms with E-state index in [0.717, 1.165) is 16.2 Å². The SMILES string of the molecule is CCOc1ccc(/C=C/C(=O)Nc2sc3c(c2C(=O)OC)[C@@H](C(=O)OC)CC3)cc1. The van der Waals surface area contributed by atoms with Crippen molar-refractivity contribution in [2.24, 2.45) is 0 Å². The van der Waals surface area contributed by atoms with Gasteiger partial charge in [-0.05, 0) is 49.1 Å². The first-order chi connectivity index (χ1) is 14.5.